The number of rotatable bonds is 5. The molecule has 0 radical (unpaired) electrons. The number of carbonyl (C=O) groups excluding carboxylic acids is 3. The number of nitrogens with zero attached hydrogens (tertiary/aromatic N) is 2. The van der Waals surface area contributed by atoms with Crippen molar-refractivity contribution in [3.8, 4) is 0 Å². The average Bonchev–Trinajstić information content (AvgIpc) is 3.46. The molecule has 1 aromatic carbocycles. The van der Waals surface area contributed by atoms with Crippen LogP contribution in [0.15, 0.2) is 47.0 Å². The molecular formula is C26H29FN4O5. The van der Waals surface area contributed by atoms with Gasteiger partial charge in [0.2, 0.25) is 17.7 Å². The summed E-state index contributed by atoms with van der Waals surface area (Å²) >= 11 is 0. The summed E-state index contributed by atoms with van der Waals surface area (Å²) in [5.74, 6) is -3.03. The fraction of sp³-hybridized carbons (Fsp3) is 0.462. The summed E-state index contributed by atoms with van der Waals surface area (Å²) in [5, 5.41) is 9.46. The molecule has 36 heavy (non-hydrogen) atoms. The average molecular weight is 497 g/mol. The van der Waals surface area contributed by atoms with Crippen molar-refractivity contribution in [1.82, 2.24) is 15.4 Å². The van der Waals surface area contributed by atoms with Gasteiger partial charge in [-0.3, -0.25) is 14.4 Å². The van der Waals surface area contributed by atoms with Crippen LogP contribution in [0.3, 0.4) is 0 Å². The van der Waals surface area contributed by atoms with Gasteiger partial charge in [0.15, 0.2) is 5.82 Å². The van der Waals surface area contributed by atoms with E-state index >= 15 is 0 Å². The number of aromatic nitrogens is 1. The van der Waals surface area contributed by atoms with Crippen molar-refractivity contribution in [2.75, 3.05) is 5.32 Å². The van der Waals surface area contributed by atoms with E-state index in [0.717, 1.165) is 0 Å². The number of benzene rings is 1. The van der Waals surface area contributed by atoms with Crippen molar-refractivity contribution in [3.63, 3.8) is 0 Å². The molecule has 10 heteroatoms. The Hall–Kier alpha value is -3.53. The van der Waals surface area contributed by atoms with Gasteiger partial charge in [-0.15, -0.1) is 0 Å². The standard InChI is InChI=1S/C26H29FN4O5/c1-14-12-17(30-35-14)28-21(32)18-19-23(34)31(13-15-8-6-7-9-16(15)27)20(22(33)29-24(2,3)4)26(19)11-10-25(18,5)36-26/h6-12,18-20H,13H2,1-5H3,(H,29,33)(H,28,30,32)/t18-,19-,20+,25+,26+/m0/s1. The highest BCUT2D eigenvalue weighted by Crippen LogP contribution is 2.60. The van der Waals surface area contributed by atoms with Gasteiger partial charge in [-0.1, -0.05) is 35.5 Å². The lowest BCUT2D eigenvalue weighted by molar-refractivity contribution is -0.145. The number of anilines is 1. The lowest BCUT2D eigenvalue weighted by Crippen LogP contribution is -2.57. The molecular weight excluding hydrogens is 467 g/mol. The Kier molecular flexibility index (Phi) is 5.37. The minimum atomic E-state index is -1.38. The number of halogens is 1. The van der Waals surface area contributed by atoms with Crippen LogP contribution in [0.2, 0.25) is 0 Å². The second-order valence-electron chi connectivity index (χ2n) is 10.9. The molecule has 9 nitrogen and oxygen atoms in total. The molecule has 3 aliphatic heterocycles. The number of carbonyl (C=O) groups is 3. The summed E-state index contributed by atoms with van der Waals surface area (Å²) in [5.41, 5.74) is -2.83. The molecule has 3 aliphatic rings. The Balaban J connectivity index is 1.56. The fourth-order valence-electron chi connectivity index (χ4n) is 5.68. The molecule has 5 atom stereocenters. The van der Waals surface area contributed by atoms with Crippen LogP contribution in [-0.2, 0) is 25.7 Å². The van der Waals surface area contributed by atoms with Crippen molar-refractivity contribution >= 4 is 23.5 Å². The van der Waals surface area contributed by atoms with E-state index in [1.54, 1.807) is 50.3 Å². The molecule has 2 fully saturated rings. The number of likely N-dealkylation sites (tertiary alicyclic amines) is 1. The molecule has 0 unspecified atom stereocenters. The number of amides is 3. The molecule has 4 heterocycles. The molecule has 2 bridgehead atoms. The first-order valence-corrected chi connectivity index (χ1v) is 11.9. The minimum absolute atomic E-state index is 0.142. The number of aryl methyl sites for hydroxylation is 1. The fourth-order valence-corrected chi connectivity index (χ4v) is 5.68. The van der Waals surface area contributed by atoms with Crippen molar-refractivity contribution in [3.05, 3.63) is 59.6 Å². The molecule has 2 aromatic rings. The highest BCUT2D eigenvalue weighted by Gasteiger charge is 2.76. The van der Waals surface area contributed by atoms with Crippen LogP contribution in [0.4, 0.5) is 10.2 Å². The quantitative estimate of drug-likeness (QED) is 0.616. The molecule has 0 saturated carbocycles. The SMILES string of the molecule is Cc1cc(NC(=O)[C@@H]2[C@H]3C(=O)N(Cc4ccccc4F)[C@H](C(=O)NC(C)(C)C)[C@@]34C=C[C@@]2(C)O4)no1. The highest BCUT2D eigenvalue weighted by atomic mass is 19.1. The highest BCUT2D eigenvalue weighted by molar-refractivity contribution is 6.03. The number of ether oxygens (including phenoxy) is 1. The van der Waals surface area contributed by atoms with Crippen molar-refractivity contribution in [1.29, 1.82) is 0 Å². The number of fused-ring (bicyclic) bond motifs is 1. The van der Waals surface area contributed by atoms with E-state index in [1.807, 2.05) is 20.8 Å². The summed E-state index contributed by atoms with van der Waals surface area (Å²) in [7, 11) is 0. The van der Waals surface area contributed by atoms with Crippen LogP contribution in [0, 0.1) is 24.6 Å². The van der Waals surface area contributed by atoms with E-state index in [0.29, 0.717) is 5.76 Å². The molecule has 1 spiro atoms. The summed E-state index contributed by atoms with van der Waals surface area (Å²) in [6.45, 7) is 8.77. The van der Waals surface area contributed by atoms with Gasteiger partial charge in [-0.25, -0.2) is 4.39 Å². The molecule has 3 amide bonds. The maximum absolute atomic E-state index is 14.6. The maximum Gasteiger partial charge on any atom is 0.246 e. The van der Waals surface area contributed by atoms with Gasteiger partial charge in [0.1, 0.15) is 23.2 Å². The van der Waals surface area contributed by atoms with E-state index in [-0.39, 0.29) is 17.9 Å². The molecule has 190 valence electrons. The van der Waals surface area contributed by atoms with Crippen LogP contribution in [0.5, 0.6) is 0 Å². The summed E-state index contributed by atoms with van der Waals surface area (Å²) in [4.78, 5) is 42.5. The van der Waals surface area contributed by atoms with Gasteiger partial charge in [-0.2, -0.15) is 0 Å². The normalized spacial score (nSPS) is 30.6. The van der Waals surface area contributed by atoms with Gasteiger partial charge in [0, 0.05) is 23.7 Å². The second-order valence-corrected chi connectivity index (χ2v) is 10.9. The van der Waals surface area contributed by atoms with E-state index in [9.17, 15) is 18.8 Å². The Morgan fingerprint density at radius 3 is 2.56 bits per heavy atom. The Morgan fingerprint density at radius 1 is 1.19 bits per heavy atom. The maximum atomic E-state index is 14.6. The third kappa shape index (κ3) is 3.71. The van der Waals surface area contributed by atoms with Gasteiger partial charge >= 0.3 is 0 Å². The number of hydrogen-bond donors (Lipinski definition) is 2. The first-order chi connectivity index (χ1) is 16.8. The van der Waals surface area contributed by atoms with Gasteiger partial charge < -0.3 is 24.8 Å². The number of hydrogen-bond acceptors (Lipinski definition) is 6. The second kappa shape index (κ2) is 7.99. The van der Waals surface area contributed by atoms with E-state index in [1.165, 1.54) is 11.0 Å². The minimum Gasteiger partial charge on any atom is -0.360 e. The smallest absolute Gasteiger partial charge is 0.246 e. The molecule has 0 aliphatic carbocycles. The van der Waals surface area contributed by atoms with E-state index < -0.39 is 58.2 Å². The topological polar surface area (TPSA) is 114 Å². The zero-order valence-corrected chi connectivity index (χ0v) is 20.8. The van der Waals surface area contributed by atoms with E-state index in [2.05, 4.69) is 15.8 Å². The Labute approximate surface area is 208 Å². The monoisotopic (exact) mass is 496 g/mol. The van der Waals surface area contributed by atoms with E-state index in [4.69, 9.17) is 9.26 Å². The van der Waals surface area contributed by atoms with Crippen molar-refractivity contribution < 1.29 is 28.0 Å². The van der Waals surface area contributed by atoms with Crippen LogP contribution in [0.25, 0.3) is 0 Å². The van der Waals surface area contributed by atoms with Crippen molar-refractivity contribution in [2.45, 2.75) is 63.9 Å². The van der Waals surface area contributed by atoms with Gasteiger partial charge in [-0.05, 0) is 40.7 Å². The third-order valence-corrected chi connectivity index (χ3v) is 7.00. The lowest BCUT2D eigenvalue weighted by Gasteiger charge is -2.35. The van der Waals surface area contributed by atoms with Crippen LogP contribution in [0.1, 0.15) is 39.0 Å². The predicted octanol–water partition coefficient (Wildman–Crippen LogP) is 2.72. The molecule has 5 rings (SSSR count). The van der Waals surface area contributed by atoms with Crippen LogP contribution in [-0.4, -0.2) is 50.6 Å². The first kappa shape index (κ1) is 24.2. The largest absolute Gasteiger partial charge is 0.360 e. The van der Waals surface area contributed by atoms with Crippen molar-refractivity contribution in [2.24, 2.45) is 11.8 Å². The molecule has 2 saturated heterocycles. The van der Waals surface area contributed by atoms with Gasteiger partial charge in [0.25, 0.3) is 0 Å². The lowest BCUT2D eigenvalue weighted by atomic mass is 9.70. The molecule has 2 N–H and O–H groups in total. The molecule has 1 aromatic heterocycles. The third-order valence-electron chi connectivity index (χ3n) is 7.00. The predicted molar refractivity (Wildman–Crippen MR) is 127 cm³/mol. The van der Waals surface area contributed by atoms with Crippen LogP contribution < -0.4 is 10.6 Å². The zero-order valence-electron chi connectivity index (χ0n) is 20.8. The number of nitrogens with one attached hydrogen (secondary N) is 2. The summed E-state index contributed by atoms with van der Waals surface area (Å²) < 4.78 is 26.1. The van der Waals surface area contributed by atoms with Crippen LogP contribution >= 0.6 is 0 Å². The summed E-state index contributed by atoms with van der Waals surface area (Å²) in [6, 6.07) is 6.57. The first-order valence-electron chi connectivity index (χ1n) is 11.9. The Bertz CT molecular complexity index is 1280. The zero-order chi connectivity index (χ0) is 26.0. The van der Waals surface area contributed by atoms with Gasteiger partial charge in [0.05, 0.1) is 17.4 Å². The summed E-state index contributed by atoms with van der Waals surface area (Å²) in [6.07, 6.45) is 3.45. The Morgan fingerprint density at radius 2 is 1.92 bits per heavy atom.